The van der Waals surface area contributed by atoms with Crippen LogP contribution in [0.3, 0.4) is 0 Å². The second-order valence-electron chi connectivity index (χ2n) is 6.74. The highest BCUT2D eigenvalue weighted by molar-refractivity contribution is 5.94. The maximum Gasteiger partial charge on any atom is 0.253 e. The van der Waals surface area contributed by atoms with Crippen LogP contribution in [-0.2, 0) is 0 Å². The predicted octanol–water partition coefficient (Wildman–Crippen LogP) is 2.88. The summed E-state index contributed by atoms with van der Waals surface area (Å²) in [7, 11) is 0. The van der Waals surface area contributed by atoms with Gasteiger partial charge in [-0.3, -0.25) is 9.69 Å². The molecule has 1 N–H and O–H groups in total. The number of aliphatic hydroxyl groups excluding tert-OH is 1. The molecule has 1 saturated heterocycles. The number of aryl methyl sites for hydroxylation is 1. The number of hydrogen-bond acceptors (Lipinski definition) is 3. The van der Waals surface area contributed by atoms with Crippen molar-refractivity contribution in [3.63, 3.8) is 0 Å². The Hall–Kier alpha value is -2.17. The van der Waals surface area contributed by atoms with Crippen LogP contribution in [-0.4, -0.2) is 53.5 Å². The van der Waals surface area contributed by atoms with Crippen LogP contribution in [0.4, 0.5) is 0 Å². The van der Waals surface area contributed by atoms with Gasteiger partial charge in [0.25, 0.3) is 5.91 Å². The van der Waals surface area contributed by atoms with Crippen molar-refractivity contribution in [3.8, 4) is 0 Å². The number of rotatable bonds is 4. The fraction of sp³-hybridized carbons (Fsp3) is 0.381. The zero-order valence-electron chi connectivity index (χ0n) is 14.8. The molecule has 0 saturated carbocycles. The predicted molar refractivity (Wildman–Crippen MR) is 99.5 cm³/mol. The van der Waals surface area contributed by atoms with Gasteiger partial charge >= 0.3 is 0 Å². The van der Waals surface area contributed by atoms with Crippen molar-refractivity contribution < 1.29 is 9.90 Å². The summed E-state index contributed by atoms with van der Waals surface area (Å²) in [5.74, 6) is 0.0986. The van der Waals surface area contributed by atoms with Crippen molar-refractivity contribution in [2.75, 3.05) is 32.7 Å². The molecule has 2 aromatic carbocycles. The lowest BCUT2D eigenvalue weighted by Crippen LogP contribution is -2.36. The molecule has 0 aliphatic carbocycles. The molecule has 4 nitrogen and oxygen atoms in total. The number of carbonyl (C=O) groups is 1. The molecule has 1 amide bonds. The van der Waals surface area contributed by atoms with E-state index in [2.05, 4.69) is 4.90 Å². The van der Waals surface area contributed by atoms with Crippen molar-refractivity contribution in [1.82, 2.24) is 9.80 Å². The van der Waals surface area contributed by atoms with Crippen molar-refractivity contribution >= 4 is 5.91 Å². The maximum atomic E-state index is 12.6. The summed E-state index contributed by atoms with van der Waals surface area (Å²) in [5.41, 5.74) is 2.89. The van der Waals surface area contributed by atoms with E-state index in [1.54, 1.807) is 0 Å². The smallest absolute Gasteiger partial charge is 0.253 e. The fourth-order valence-electron chi connectivity index (χ4n) is 3.26. The fourth-order valence-corrected chi connectivity index (χ4v) is 3.26. The molecule has 0 bridgehead atoms. The first-order valence-corrected chi connectivity index (χ1v) is 8.95. The van der Waals surface area contributed by atoms with E-state index in [0.717, 1.165) is 37.2 Å². The number of aliphatic hydroxyl groups is 1. The van der Waals surface area contributed by atoms with E-state index in [9.17, 15) is 9.90 Å². The van der Waals surface area contributed by atoms with Gasteiger partial charge in [-0.2, -0.15) is 0 Å². The molecule has 0 spiro atoms. The van der Waals surface area contributed by atoms with Crippen molar-refractivity contribution in [2.45, 2.75) is 19.4 Å². The lowest BCUT2D eigenvalue weighted by Gasteiger charge is -2.24. The Morgan fingerprint density at radius 1 is 1.00 bits per heavy atom. The number of β-amino-alcohol motifs (C(OH)–C–C–N with tert-alkyl or cyclic N) is 1. The van der Waals surface area contributed by atoms with E-state index in [1.165, 1.54) is 5.56 Å². The Kier molecular flexibility index (Phi) is 5.84. The van der Waals surface area contributed by atoms with E-state index >= 15 is 0 Å². The summed E-state index contributed by atoms with van der Waals surface area (Å²) in [4.78, 5) is 16.8. The maximum absolute atomic E-state index is 12.6. The molecule has 4 heteroatoms. The molecular weight excluding hydrogens is 312 g/mol. The molecule has 1 unspecified atom stereocenters. The van der Waals surface area contributed by atoms with Crippen LogP contribution in [0.2, 0.25) is 0 Å². The van der Waals surface area contributed by atoms with Gasteiger partial charge in [0.1, 0.15) is 0 Å². The molecular formula is C21H26N2O2. The van der Waals surface area contributed by atoms with E-state index in [0.29, 0.717) is 13.1 Å². The molecule has 1 atom stereocenters. The zero-order valence-corrected chi connectivity index (χ0v) is 14.8. The molecule has 1 heterocycles. The van der Waals surface area contributed by atoms with Crippen LogP contribution in [0.25, 0.3) is 0 Å². The molecule has 1 aliphatic heterocycles. The van der Waals surface area contributed by atoms with Gasteiger partial charge in [0, 0.05) is 38.3 Å². The van der Waals surface area contributed by atoms with Gasteiger partial charge in [0.2, 0.25) is 0 Å². The van der Waals surface area contributed by atoms with Gasteiger partial charge in [0.15, 0.2) is 0 Å². The van der Waals surface area contributed by atoms with E-state index in [4.69, 9.17) is 0 Å². The zero-order chi connectivity index (χ0) is 17.6. The van der Waals surface area contributed by atoms with E-state index in [1.807, 2.05) is 66.4 Å². The summed E-state index contributed by atoms with van der Waals surface area (Å²) in [6, 6.07) is 17.5. The first-order valence-electron chi connectivity index (χ1n) is 8.95. The highest BCUT2D eigenvalue weighted by Crippen LogP contribution is 2.17. The number of hydrogen-bond donors (Lipinski definition) is 1. The van der Waals surface area contributed by atoms with E-state index in [-0.39, 0.29) is 5.91 Å². The van der Waals surface area contributed by atoms with Crippen LogP contribution in [0.1, 0.15) is 34.0 Å². The molecule has 25 heavy (non-hydrogen) atoms. The van der Waals surface area contributed by atoms with E-state index < -0.39 is 6.10 Å². The Morgan fingerprint density at radius 2 is 1.72 bits per heavy atom. The lowest BCUT2D eigenvalue weighted by atomic mass is 10.1. The van der Waals surface area contributed by atoms with Crippen molar-refractivity contribution in [3.05, 3.63) is 71.3 Å². The SMILES string of the molecule is Cc1ccc(C(O)CN2CCCN(C(=O)c3ccccc3)CC2)cc1. The highest BCUT2D eigenvalue weighted by Gasteiger charge is 2.21. The normalized spacial score (nSPS) is 17.1. The van der Waals surface area contributed by atoms with Crippen LogP contribution >= 0.6 is 0 Å². The van der Waals surface area contributed by atoms with Gasteiger partial charge in [-0.15, -0.1) is 0 Å². The van der Waals surface area contributed by atoms with Crippen LogP contribution < -0.4 is 0 Å². The molecule has 0 aromatic heterocycles. The Balaban J connectivity index is 1.56. The topological polar surface area (TPSA) is 43.8 Å². The molecule has 132 valence electrons. The van der Waals surface area contributed by atoms with Gasteiger partial charge < -0.3 is 10.0 Å². The average Bonchev–Trinajstić information content (AvgIpc) is 2.88. The first-order chi connectivity index (χ1) is 12.1. The molecule has 0 radical (unpaired) electrons. The Labute approximate surface area is 149 Å². The van der Waals surface area contributed by atoms with Crippen molar-refractivity contribution in [2.24, 2.45) is 0 Å². The molecule has 3 rings (SSSR count). The van der Waals surface area contributed by atoms with Gasteiger partial charge in [-0.05, 0) is 31.0 Å². The van der Waals surface area contributed by atoms with Crippen LogP contribution in [0.5, 0.6) is 0 Å². The minimum absolute atomic E-state index is 0.0986. The molecule has 1 aliphatic rings. The Morgan fingerprint density at radius 3 is 2.44 bits per heavy atom. The highest BCUT2D eigenvalue weighted by atomic mass is 16.3. The second kappa shape index (κ2) is 8.28. The average molecular weight is 338 g/mol. The minimum Gasteiger partial charge on any atom is -0.387 e. The summed E-state index contributed by atoms with van der Waals surface area (Å²) in [5, 5.41) is 10.5. The van der Waals surface area contributed by atoms with Gasteiger partial charge in [0.05, 0.1) is 6.10 Å². The molecule has 2 aromatic rings. The standard InChI is InChI=1S/C21H26N2O2/c1-17-8-10-18(11-9-17)20(24)16-22-12-5-13-23(15-14-22)21(25)19-6-3-2-4-7-19/h2-4,6-11,20,24H,5,12-16H2,1H3. The third kappa shape index (κ3) is 4.68. The summed E-state index contributed by atoms with van der Waals surface area (Å²) in [6.07, 6.45) is 0.441. The lowest BCUT2D eigenvalue weighted by molar-refractivity contribution is 0.0754. The Bertz CT molecular complexity index is 685. The number of nitrogens with zero attached hydrogens (tertiary/aromatic N) is 2. The summed E-state index contributed by atoms with van der Waals surface area (Å²) in [6.45, 7) is 5.82. The second-order valence-corrected chi connectivity index (χ2v) is 6.74. The summed E-state index contributed by atoms with van der Waals surface area (Å²) < 4.78 is 0. The first kappa shape index (κ1) is 17.6. The number of carbonyl (C=O) groups excluding carboxylic acids is 1. The monoisotopic (exact) mass is 338 g/mol. The number of benzene rings is 2. The van der Waals surface area contributed by atoms with Crippen LogP contribution in [0, 0.1) is 6.92 Å². The van der Waals surface area contributed by atoms with Crippen LogP contribution in [0.15, 0.2) is 54.6 Å². The third-order valence-corrected chi connectivity index (χ3v) is 4.79. The van der Waals surface area contributed by atoms with Gasteiger partial charge in [-0.25, -0.2) is 0 Å². The third-order valence-electron chi connectivity index (χ3n) is 4.79. The minimum atomic E-state index is -0.489. The molecule has 1 fully saturated rings. The quantitative estimate of drug-likeness (QED) is 0.932. The van der Waals surface area contributed by atoms with Gasteiger partial charge in [-0.1, -0.05) is 48.0 Å². The summed E-state index contributed by atoms with van der Waals surface area (Å²) >= 11 is 0. The number of amides is 1. The van der Waals surface area contributed by atoms with Crippen molar-refractivity contribution in [1.29, 1.82) is 0 Å². The largest absolute Gasteiger partial charge is 0.387 e.